The van der Waals surface area contributed by atoms with Crippen molar-refractivity contribution in [2.24, 2.45) is 0 Å². The van der Waals surface area contributed by atoms with E-state index in [1.807, 2.05) is 23.9 Å². The Morgan fingerprint density at radius 3 is 2.70 bits per heavy atom. The van der Waals surface area contributed by atoms with Crippen LogP contribution in [-0.4, -0.2) is 57.5 Å². The molecule has 0 N–H and O–H groups in total. The Bertz CT molecular complexity index is 1050. The highest BCUT2D eigenvalue weighted by Crippen LogP contribution is 2.34. The molecule has 4 rings (SSSR count). The molecule has 2 aromatic heterocycles. The molecule has 0 radical (unpaired) electrons. The molecule has 9 heteroatoms. The van der Waals surface area contributed by atoms with Gasteiger partial charge in [-0.25, -0.2) is 14.4 Å². The van der Waals surface area contributed by atoms with E-state index in [1.54, 1.807) is 25.3 Å². The predicted molar refractivity (Wildman–Crippen MR) is 114 cm³/mol. The summed E-state index contributed by atoms with van der Waals surface area (Å²) in [6.45, 7) is 3.07. The van der Waals surface area contributed by atoms with Gasteiger partial charge in [-0.15, -0.1) is 5.10 Å². The van der Waals surface area contributed by atoms with Gasteiger partial charge < -0.3 is 9.80 Å². The van der Waals surface area contributed by atoms with Crippen LogP contribution in [0.1, 0.15) is 39.8 Å². The number of nitrogens with zero attached hydrogens (tertiary/aromatic N) is 6. The number of amides is 1. The second-order valence-corrected chi connectivity index (χ2v) is 8.40. The molecule has 0 aliphatic carbocycles. The van der Waals surface area contributed by atoms with Crippen molar-refractivity contribution in [1.29, 1.82) is 0 Å². The SMILES string of the molecule is Cc1nnsc1C(=O)N1CCC[C@H](c2nc(N(C)C)ncc2-c2ccc(F)cc2)C1. The first-order chi connectivity index (χ1) is 14.4. The zero-order chi connectivity index (χ0) is 21.3. The lowest BCUT2D eigenvalue weighted by molar-refractivity contribution is 0.0710. The maximum atomic E-state index is 13.4. The Labute approximate surface area is 178 Å². The fourth-order valence-electron chi connectivity index (χ4n) is 3.72. The van der Waals surface area contributed by atoms with Gasteiger partial charge in [0.15, 0.2) is 0 Å². The molecule has 0 unspecified atom stereocenters. The number of hydrogen-bond donors (Lipinski definition) is 0. The Morgan fingerprint density at radius 1 is 1.27 bits per heavy atom. The van der Waals surface area contributed by atoms with Crippen molar-refractivity contribution in [1.82, 2.24) is 24.5 Å². The molecular formula is C21H23FN6OS. The summed E-state index contributed by atoms with van der Waals surface area (Å²) in [5.41, 5.74) is 3.28. The molecule has 156 valence electrons. The highest BCUT2D eigenvalue weighted by molar-refractivity contribution is 7.07. The van der Waals surface area contributed by atoms with Crippen molar-refractivity contribution in [2.45, 2.75) is 25.7 Å². The number of halogens is 1. The predicted octanol–water partition coefficient (Wildman–Crippen LogP) is 3.53. The molecule has 0 spiro atoms. The molecule has 3 heterocycles. The maximum absolute atomic E-state index is 13.4. The van der Waals surface area contributed by atoms with Crippen molar-refractivity contribution in [3.8, 4) is 11.1 Å². The first kappa shape index (κ1) is 20.3. The third kappa shape index (κ3) is 4.02. The molecule has 7 nitrogen and oxygen atoms in total. The standard InChI is InChI=1S/C21H23FN6OS/c1-13-19(30-26-25-13)20(29)28-10-4-5-15(12-28)18-17(11-23-21(24-18)27(2)3)14-6-8-16(22)9-7-14/h6-9,11,15H,4-5,10,12H2,1-3H3/t15-/m0/s1. The van der Waals surface area contributed by atoms with Crippen LogP contribution in [0.5, 0.6) is 0 Å². The number of likely N-dealkylation sites (tertiary alicyclic amines) is 1. The molecule has 1 fully saturated rings. The number of benzene rings is 1. The lowest BCUT2D eigenvalue weighted by atomic mass is 9.90. The van der Waals surface area contributed by atoms with E-state index in [0.717, 1.165) is 41.2 Å². The summed E-state index contributed by atoms with van der Waals surface area (Å²) in [7, 11) is 3.79. The maximum Gasteiger partial charge on any atom is 0.267 e. The van der Waals surface area contributed by atoms with Crippen molar-refractivity contribution in [3.05, 3.63) is 52.5 Å². The Balaban J connectivity index is 1.69. The lowest BCUT2D eigenvalue weighted by Crippen LogP contribution is -2.39. The number of aromatic nitrogens is 4. The smallest absolute Gasteiger partial charge is 0.267 e. The average molecular weight is 427 g/mol. The fraction of sp³-hybridized carbons (Fsp3) is 0.381. The van der Waals surface area contributed by atoms with Crippen LogP contribution in [0, 0.1) is 12.7 Å². The first-order valence-electron chi connectivity index (χ1n) is 9.82. The van der Waals surface area contributed by atoms with E-state index < -0.39 is 0 Å². The molecule has 30 heavy (non-hydrogen) atoms. The fourth-order valence-corrected chi connectivity index (χ4v) is 4.35. The minimum Gasteiger partial charge on any atom is -0.347 e. The van der Waals surface area contributed by atoms with Crippen LogP contribution in [0.15, 0.2) is 30.5 Å². The van der Waals surface area contributed by atoms with Gasteiger partial charge >= 0.3 is 0 Å². The molecule has 1 saturated heterocycles. The first-order valence-corrected chi connectivity index (χ1v) is 10.6. The van der Waals surface area contributed by atoms with Crippen LogP contribution in [0.25, 0.3) is 11.1 Å². The quantitative estimate of drug-likeness (QED) is 0.635. The highest BCUT2D eigenvalue weighted by Gasteiger charge is 2.30. The molecule has 1 amide bonds. The van der Waals surface area contributed by atoms with Crippen LogP contribution in [0.4, 0.5) is 10.3 Å². The number of hydrogen-bond acceptors (Lipinski definition) is 7. The molecule has 1 aromatic carbocycles. The molecular weight excluding hydrogens is 403 g/mol. The highest BCUT2D eigenvalue weighted by atomic mass is 32.1. The summed E-state index contributed by atoms with van der Waals surface area (Å²) in [6, 6.07) is 6.36. The normalized spacial score (nSPS) is 16.5. The Kier molecular flexibility index (Phi) is 5.72. The van der Waals surface area contributed by atoms with Crippen molar-refractivity contribution in [2.75, 3.05) is 32.1 Å². The number of rotatable bonds is 4. The van der Waals surface area contributed by atoms with Crippen molar-refractivity contribution < 1.29 is 9.18 Å². The Hall–Kier alpha value is -2.94. The average Bonchev–Trinajstić information content (AvgIpc) is 3.19. The second-order valence-electron chi connectivity index (χ2n) is 7.65. The zero-order valence-corrected chi connectivity index (χ0v) is 18.0. The molecule has 0 bridgehead atoms. The topological polar surface area (TPSA) is 75.1 Å². The number of piperidine rings is 1. The molecule has 1 aliphatic heterocycles. The van der Waals surface area contributed by atoms with Crippen LogP contribution in [-0.2, 0) is 0 Å². The summed E-state index contributed by atoms with van der Waals surface area (Å²) in [5.74, 6) is 0.360. The van der Waals surface area contributed by atoms with Crippen LogP contribution in [0.2, 0.25) is 0 Å². The van der Waals surface area contributed by atoms with Gasteiger partial charge in [-0.2, -0.15) is 0 Å². The summed E-state index contributed by atoms with van der Waals surface area (Å²) in [6.07, 6.45) is 3.59. The van der Waals surface area contributed by atoms with E-state index in [2.05, 4.69) is 14.6 Å². The minimum absolute atomic E-state index is 0.0302. The van der Waals surface area contributed by atoms with Gasteiger partial charge in [-0.05, 0) is 49.0 Å². The number of aryl methyl sites for hydroxylation is 1. The number of carbonyl (C=O) groups is 1. The van der Waals surface area contributed by atoms with Gasteiger partial charge in [0.05, 0.1) is 11.4 Å². The second kappa shape index (κ2) is 8.43. The van der Waals surface area contributed by atoms with E-state index in [-0.39, 0.29) is 17.6 Å². The van der Waals surface area contributed by atoms with Crippen molar-refractivity contribution in [3.63, 3.8) is 0 Å². The summed E-state index contributed by atoms with van der Waals surface area (Å²) < 4.78 is 17.3. The van der Waals surface area contributed by atoms with Gasteiger partial charge in [0, 0.05) is 44.9 Å². The van der Waals surface area contributed by atoms with E-state index in [9.17, 15) is 9.18 Å². The van der Waals surface area contributed by atoms with E-state index >= 15 is 0 Å². The number of carbonyl (C=O) groups excluding carboxylic acids is 1. The zero-order valence-electron chi connectivity index (χ0n) is 17.2. The summed E-state index contributed by atoms with van der Waals surface area (Å²) in [5, 5.41) is 3.97. The van der Waals surface area contributed by atoms with Gasteiger partial charge in [-0.3, -0.25) is 4.79 Å². The molecule has 1 atom stereocenters. The monoisotopic (exact) mass is 426 g/mol. The Morgan fingerprint density at radius 2 is 2.03 bits per heavy atom. The van der Waals surface area contributed by atoms with Crippen LogP contribution >= 0.6 is 11.5 Å². The number of anilines is 1. The van der Waals surface area contributed by atoms with Gasteiger partial charge in [-0.1, -0.05) is 16.6 Å². The summed E-state index contributed by atoms with van der Waals surface area (Å²) in [4.78, 5) is 26.6. The van der Waals surface area contributed by atoms with Crippen LogP contribution < -0.4 is 4.90 Å². The minimum atomic E-state index is -0.283. The van der Waals surface area contributed by atoms with Gasteiger partial charge in [0.2, 0.25) is 5.95 Å². The largest absolute Gasteiger partial charge is 0.347 e. The third-order valence-corrected chi connectivity index (χ3v) is 6.12. The summed E-state index contributed by atoms with van der Waals surface area (Å²) >= 11 is 1.14. The third-order valence-electron chi connectivity index (χ3n) is 5.30. The van der Waals surface area contributed by atoms with Crippen LogP contribution in [0.3, 0.4) is 0 Å². The van der Waals surface area contributed by atoms with E-state index in [0.29, 0.717) is 29.6 Å². The molecule has 0 saturated carbocycles. The van der Waals surface area contributed by atoms with Gasteiger partial charge in [0.25, 0.3) is 5.91 Å². The van der Waals surface area contributed by atoms with E-state index in [4.69, 9.17) is 4.98 Å². The van der Waals surface area contributed by atoms with Gasteiger partial charge in [0.1, 0.15) is 10.7 Å². The molecule has 3 aromatic rings. The molecule has 1 aliphatic rings. The van der Waals surface area contributed by atoms with E-state index in [1.165, 1.54) is 12.1 Å². The lowest BCUT2D eigenvalue weighted by Gasteiger charge is -2.33. The van der Waals surface area contributed by atoms with Crippen molar-refractivity contribution >= 4 is 23.4 Å².